The van der Waals surface area contributed by atoms with Crippen LogP contribution in [0.2, 0.25) is 25.7 Å². The minimum absolute atomic E-state index is 0.289. The van der Waals surface area contributed by atoms with Crippen molar-refractivity contribution in [2.75, 3.05) is 57.3 Å². The fourth-order valence-electron chi connectivity index (χ4n) is 2.50. The largest absolute Gasteiger partial charge is 0.467 e. The third-order valence-electron chi connectivity index (χ3n) is 4.15. The van der Waals surface area contributed by atoms with E-state index in [0.717, 1.165) is 56.0 Å². The Balaban J connectivity index is 1.80. The van der Waals surface area contributed by atoms with E-state index in [-0.39, 0.29) is 6.79 Å². The number of benzene rings is 1. The lowest BCUT2D eigenvalue weighted by atomic mass is 10.2. The van der Waals surface area contributed by atoms with Gasteiger partial charge in [-0.2, -0.15) is 0 Å². The average molecular weight is 338 g/mol. The summed E-state index contributed by atoms with van der Waals surface area (Å²) >= 11 is 0. The maximum absolute atomic E-state index is 6.20. The number of anilines is 2. The number of hydrogen-bond donors (Lipinski definition) is 1. The number of hydrogen-bond acceptors (Lipinski definition) is 5. The first-order valence-corrected chi connectivity index (χ1v) is 12.1. The molecule has 0 atom stereocenters. The molecule has 2 N–H and O–H groups in total. The summed E-state index contributed by atoms with van der Waals surface area (Å²) in [7, 11) is 1.12. The molecule has 23 heavy (non-hydrogen) atoms. The monoisotopic (exact) mass is 337 g/mol. The van der Waals surface area contributed by atoms with Crippen LogP contribution in [0.1, 0.15) is 0 Å². The zero-order valence-electron chi connectivity index (χ0n) is 15.0. The summed E-state index contributed by atoms with van der Waals surface area (Å²) in [6.07, 6.45) is 0. The smallest absolute Gasteiger partial charge is 0.189 e. The van der Waals surface area contributed by atoms with Crippen LogP contribution in [-0.2, 0) is 4.74 Å². The Morgan fingerprint density at radius 3 is 2.43 bits per heavy atom. The summed E-state index contributed by atoms with van der Waals surface area (Å²) < 4.78 is 11.2. The van der Waals surface area contributed by atoms with Crippen LogP contribution in [0.3, 0.4) is 0 Å². The minimum atomic E-state index is -1.04. The normalized spacial score (nSPS) is 16.6. The fourth-order valence-corrected chi connectivity index (χ4v) is 3.26. The lowest BCUT2D eigenvalue weighted by Gasteiger charge is -2.34. The number of ether oxygens (including phenoxy) is 2. The second-order valence-corrected chi connectivity index (χ2v) is 13.1. The van der Waals surface area contributed by atoms with Gasteiger partial charge in [0.15, 0.2) is 6.79 Å². The number of nitrogens with two attached hydrogens (primary N) is 1. The van der Waals surface area contributed by atoms with Crippen molar-refractivity contribution in [3.05, 3.63) is 18.2 Å². The van der Waals surface area contributed by atoms with Crippen molar-refractivity contribution < 1.29 is 9.47 Å². The molecule has 1 aromatic rings. The average Bonchev–Trinajstić information content (AvgIpc) is 2.47. The Hall–Kier alpha value is -1.24. The standard InChI is InChI=1S/C17H31N3O2Si/c1-19-7-9-20(10-8-19)17-6-5-15(13-16(17)18)22-14-21-11-12-23(2,3)4/h5-6,13H,7-12,14,18H2,1-4H3. The Morgan fingerprint density at radius 1 is 1.13 bits per heavy atom. The first-order valence-electron chi connectivity index (χ1n) is 8.39. The van der Waals surface area contributed by atoms with E-state index in [1.54, 1.807) is 0 Å². The number of likely N-dealkylation sites (N-methyl/N-ethyl adjacent to an activating group) is 1. The lowest BCUT2D eigenvalue weighted by Crippen LogP contribution is -2.44. The lowest BCUT2D eigenvalue weighted by molar-refractivity contribution is 0.0221. The van der Waals surface area contributed by atoms with Crippen molar-refractivity contribution in [3.8, 4) is 5.75 Å². The molecular weight excluding hydrogens is 306 g/mol. The number of nitrogens with zero attached hydrogens (tertiary/aromatic N) is 2. The van der Waals surface area contributed by atoms with Crippen LogP contribution in [0.25, 0.3) is 0 Å². The van der Waals surface area contributed by atoms with E-state index >= 15 is 0 Å². The molecule has 0 unspecified atom stereocenters. The van der Waals surface area contributed by atoms with Crippen molar-refractivity contribution >= 4 is 19.4 Å². The van der Waals surface area contributed by atoms with Crippen LogP contribution in [0.5, 0.6) is 5.75 Å². The molecule has 1 fully saturated rings. The molecular formula is C17H31N3O2Si. The van der Waals surface area contributed by atoms with Crippen LogP contribution in [-0.4, -0.2) is 59.6 Å². The summed E-state index contributed by atoms with van der Waals surface area (Å²) in [5, 5.41) is 0. The Kier molecular flexibility index (Phi) is 6.32. The highest BCUT2D eigenvalue weighted by Crippen LogP contribution is 2.28. The molecule has 5 nitrogen and oxygen atoms in total. The first kappa shape index (κ1) is 18.1. The summed E-state index contributed by atoms with van der Waals surface area (Å²) in [6.45, 7) is 12.3. The van der Waals surface area contributed by atoms with Gasteiger partial charge in [-0.3, -0.25) is 0 Å². The van der Waals surface area contributed by atoms with E-state index < -0.39 is 8.07 Å². The van der Waals surface area contributed by atoms with Gasteiger partial charge in [-0.25, -0.2) is 0 Å². The van der Waals surface area contributed by atoms with Gasteiger partial charge in [-0.1, -0.05) is 19.6 Å². The highest BCUT2D eigenvalue weighted by atomic mass is 28.3. The van der Waals surface area contributed by atoms with Crippen LogP contribution < -0.4 is 15.4 Å². The fraction of sp³-hybridized carbons (Fsp3) is 0.647. The molecule has 2 rings (SSSR count). The molecule has 0 saturated carbocycles. The van der Waals surface area contributed by atoms with E-state index in [0.29, 0.717) is 0 Å². The molecule has 0 bridgehead atoms. The van der Waals surface area contributed by atoms with Gasteiger partial charge in [0, 0.05) is 46.9 Å². The molecule has 0 spiro atoms. The topological polar surface area (TPSA) is 51.0 Å². The van der Waals surface area contributed by atoms with Crippen LogP contribution in [0, 0.1) is 0 Å². The zero-order chi connectivity index (χ0) is 16.9. The second kappa shape index (κ2) is 8.03. The Morgan fingerprint density at radius 2 is 1.83 bits per heavy atom. The van der Waals surface area contributed by atoms with Crippen molar-refractivity contribution in [1.29, 1.82) is 0 Å². The van der Waals surface area contributed by atoms with Gasteiger partial charge in [-0.05, 0) is 25.2 Å². The first-order chi connectivity index (χ1) is 10.8. The van der Waals surface area contributed by atoms with Gasteiger partial charge < -0.3 is 25.0 Å². The molecule has 1 saturated heterocycles. The van der Waals surface area contributed by atoms with E-state index in [2.05, 4.69) is 42.6 Å². The van der Waals surface area contributed by atoms with Crippen LogP contribution in [0.15, 0.2) is 18.2 Å². The molecule has 0 radical (unpaired) electrons. The second-order valence-electron chi connectivity index (χ2n) is 7.49. The number of piperazine rings is 1. The maximum atomic E-state index is 6.20. The molecule has 130 valence electrons. The van der Waals surface area contributed by atoms with Gasteiger partial charge in [0.05, 0.1) is 11.4 Å². The van der Waals surface area contributed by atoms with E-state index in [1.165, 1.54) is 0 Å². The third kappa shape index (κ3) is 6.05. The highest BCUT2D eigenvalue weighted by molar-refractivity contribution is 6.76. The van der Waals surface area contributed by atoms with Crippen molar-refractivity contribution in [2.24, 2.45) is 0 Å². The number of nitrogen functional groups attached to an aromatic ring is 1. The Bertz CT molecular complexity index is 497. The van der Waals surface area contributed by atoms with E-state index in [9.17, 15) is 0 Å². The van der Waals surface area contributed by atoms with Gasteiger partial charge >= 0.3 is 0 Å². The molecule has 0 aliphatic carbocycles. The van der Waals surface area contributed by atoms with Crippen molar-refractivity contribution in [3.63, 3.8) is 0 Å². The van der Waals surface area contributed by atoms with Crippen molar-refractivity contribution in [2.45, 2.75) is 25.7 Å². The predicted octanol–water partition coefficient (Wildman–Crippen LogP) is 2.71. The van der Waals surface area contributed by atoms with E-state index in [4.69, 9.17) is 15.2 Å². The molecule has 1 heterocycles. The van der Waals surface area contributed by atoms with Gasteiger partial charge in [0.25, 0.3) is 0 Å². The molecule has 1 aliphatic heterocycles. The third-order valence-corrected chi connectivity index (χ3v) is 5.85. The quantitative estimate of drug-likeness (QED) is 0.359. The summed E-state index contributed by atoms with van der Waals surface area (Å²) in [5.74, 6) is 0.772. The summed E-state index contributed by atoms with van der Waals surface area (Å²) in [5.41, 5.74) is 8.08. The molecule has 0 amide bonds. The molecule has 1 aromatic carbocycles. The highest BCUT2D eigenvalue weighted by Gasteiger charge is 2.16. The molecule has 1 aliphatic rings. The molecule has 6 heteroatoms. The van der Waals surface area contributed by atoms with Gasteiger partial charge in [0.1, 0.15) is 5.75 Å². The van der Waals surface area contributed by atoms with Crippen molar-refractivity contribution in [1.82, 2.24) is 4.90 Å². The van der Waals surface area contributed by atoms with Gasteiger partial charge in [-0.15, -0.1) is 0 Å². The minimum Gasteiger partial charge on any atom is -0.467 e. The van der Waals surface area contributed by atoms with Gasteiger partial charge in [0.2, 0.25) is 0 Å². The number of rotatable bonds is 7. The molecule has 0 aromatic heterocycles. The predicted molar refractivity (Wildman–Crippen MR) is 100 cm³/mol. The SMILES string of the molecule is CN1CCN(c2ccc(OCOCC[Si](C)(C)C)cc2N)CC1. The van der Waals surface area contributed by atoms with Crippen LogP contribution in [0.4, 0.5) is 11.4 Å². The van der Waals surface area contributed by atoms with Crippen LogP contribution >= 0.6 is 0 Å². The Labute approximate surface area is 141 Å². The zero-order valence-corrected chi connectivity index (χ0v) is 16.0. The summed E-state index contributed by atoms with van der Waals surface area (Å²) in [6, 6.07) is 7.08. The maximum Gasteiger partial charge on any atom is 0.189 e. The summed E-state index contributed by atoms with van der Waals surface area (Å²) in [4.78, 5) is 4.67. The van der Waals surface area contributed by atoms with E-state index in [1.807, 2.05) is 12.1 Å².